The van der Waals surface area contributed by atoms with Crippen LogP contribution in [0.3, 0.4) is 0 Å². The Labute approximate surface area is 64.1 Å². The summed E-state index contributed by atoms with van der Waals surface area (Å²) >= 11 is 1.55. The smallest absolute Gasteiger partial charge is 0.213 e. The van der Waals surface area contributed by atoms with E-state index in [2.05, 4.69) is 6.92 Å². The first-order valence-electron chi connectivity index (χ1n) is 2.82. The summed E-state index contributed by atoms with van der Waals surface area (Å²) in [6.45, 7) is 3.76. The fourth-order valence-corrected chi connectivity index (χ4v) is 1.48. The van der Waals surface area contributed by atoms with Gasteiger partial charge < -0.3 is 4.90 Å². The first-order valence-corrected chi connectivity index (χ1v) is 3.76. The van der Waals surface area contributed by atoms with Gasteiger partial charge in [-0.3, -0.25) is 4.79 Å². The molecule has 0 saturated carbocycles. The van der Waals surface area contributed by atoms with Gasteiger partial charge >= 0.3 is 0 Å². The number of anilines is 1. The Bertz CT molecular complexity index is 231. The minimum atomic E-state index is 0.775. The second-order valence-electron chi connectivity index (χ2n) is 2.00. The molecule has 1 radical (unpaired) electrons. The molecule has 1 heterocycles. The Morgan fingerprint density at radius 2 is 2.40 bits per heavy atom. The zero-order valence-electron chi connectivity index (χ0n) is 5.70. The van der Waals surface area contributed by atoms with Gasteiger partial charge in [-0.15, -0.1) is 11.3 Å². The third-order valence-corrected chi connectivity index (χ3v) is 2.04. The van der Waals surface area contributed by atoms with Crippen LogP contribution < -0.4 is 4.90 Å². The molecule has 53 valence electrons. The van der Waals surface area contributed by atoms with Crippen LogP contribution in [-0.4, -0.2) is 13.5 Å². The van der Waals surface area contributed by atoms with E-state index < -0.39 is 0 Å². The van der Waals surface area contributed by atoms with Crippen molar-refractivity contribution in [1.82, 2.24) is 0 Å². The maximum absolute atomic E-state index is 10.3. The van der Waals surface area contributed by atoms with Crippen molar-refractivity contribution in [3.05, 3.63) is 23.2 Å². The van der Waals surface area contributed by atoms with Gasteiger partial charge in [-0.25, -0.2) is 0 Å². The first kappa shape index (κ1) is 7.28. The molecule has 0 aliphatic rings. The van der Waals surface area contributed by atoms with E-state index in [1.54, 1.807) is 18.4 Å². The summed E-state index contributed by atoms with van der Waals surface area (Å²) < 4.78 is 0. The number of amides is 1. The standard InChI is InChI=1S/C7H8NOS/c1-6-3-10-4-7(6)8(2)5-9/h3-5H,1H2,2H3. The lowest BCUT2D eigenvalue weighted by Gasteiger charge is -2.08. The Morgan fingerprint density at radius 1 is 1.70 bits per heavy atom. The molecule has 0 unspecified atom stereocenters. The summed E-state index contributed by atoms with van der Waals surface area (Å²) in [5.41, 5.74) is 1.79. The van der Waals surface area contributed by atoms with Crippen molar-refractivity contribution in [3.8, 4) is 0 Å². The number of rotatable bonds is 2. The number of hydrogen-bond acceptors (Lipinski definition) is 2. The number of nitrogens with zero attached hydrogens (tertiary/aromatic N) is 1. The van der Waals surface area contributed by atoms with Gasteiger partial charge in [0.2, 0.25) is 6.41 Å². The van der Waals surface area contributed by atoms with Crippen LogP contribution in [0.1, 0.15) is 5.56 Å². The average Bonchev–Trinajstić information content (AvgIpc) is 2.34. The Morgan fingerprint density at radius 3 is 2.80 bits per heavy atom. The van der Waals surface area contributed by atoms with E-state index in [1.165, 1.54) is 4.90 Å². The van der Waals surface area contributed by atoms with Gasteiger partial charge in [0, 0.05) is 12.4 Å². The minimum Gasteiger partial charge on any atom is -0.317 e. The van der Waals surface area contributed by atoms with Gasteiger partial charge in [-0.2, -0.15) is 0 Å². The highest BCUT2D eigenvalue weighted by Gasteiger charge is 2.01. The summed E-state index contributed by atoms with van der Waals surface area (Å²) in [5, 5.41) is 3.81. The molecular formula is C7H8NOS. The quantitative estimate of drug-likeness (QED) is 0.591. The number of thiophene rings is 1. The van der Waals surface area contributed by atoms with E-state index in [1.807, 2.05) is 10.8 Å². The van der Waals surface area contributed by atoms with Crippen LogP contribution in [0, 0.1) is 6.92 Å². The molecule has 3 heteroatoms. The predicted molar refractivity (Wildman–Crippen MR) is 43.2 cm³/mol. The Balaban J connectivity index is 2.92. The highest BCUT2D eigenvalue weighted by Crippen LogP contribution is 2.21. The molecule has 1 amide bonds. The van der Waals surface area contributed by atoms with Gasteiger partial charge in [-0.05, 0) is 17.9 Å². The zero-order chi connectivity index (χ0) is 7.56. The molecule has 1 aromatic rings. The summed E-state index contributed by atoms with van der Waals surface area (Å²) in [6.07, 6.45) is 0.775. The van der Waals surface area contributed by atoms with Crippen LogP contribution >= 0.6 is 11.3 Å². The van der Waals surface area contributed by atoms with Gasteiger partial charge in [0.1, 0.15) is 0 Å². The molecule has 0 aliphatic heterocycles. The Hall–Kier alpha value is -0.830. The van der Waals surface area contributed by atoms with Crippen LogP contribution in [0.15, 0.2) is 10.8 Å². The Kier molecular flexibility index (Phi) is 2.06. The monoisotopic (exact) mass is 154 g/mol. The van der Waals surface area contributed by atoms with Crippen LogP contribution in [0.4, 0.5) is 5.69 Å². The topological polar surface area (TPSA) is 20.3 Å². The van der Waals surface area contributed by atoms with Gasteiger partial charge in [0.25, 0.3) is 0 Å². The first-order chi connectivity index (χ1) is 4.75. The summed E-state index contributed by atoms with van der Waals surface area (Å²) in [4.78, 5) is 11.8. The summed E-state index contributed by atoms with van der Waals surface area (Å²) in [7, 11) is 1.71. The molecule has 0 bridgehead atoms. The van der Waals surface area contributed by atoms with Gasteiger partial charge in [0.15, 0.2) is 0 Å². The van der Waals surface area contributed by atoms with E-state index in [-0.39, 0.29) is 0 Å². The minimum absolute atomic E-state index is 0.775. The van der Waals surface area contributed by atoms with Crippen molar-refractivity contribution in [1.29, 1.82) is 0 Å². The molecule has 1 aromatic heterocycles. The van der Waals surface area contributed by atoms with E-state index in [0.29, 0.717) is 0 Å². The predicted octanol–water partition coefficient (Wildman–Crippen LogP) is 1.52. The largest absolute Gasteiger partial charge is 0.317 e. The lowest BCUT2D eigenvalue weighted by atomic mass is 10.3. The summed E-state index contributed by atoms with van der Waals surface area (Å²) in [5.74, 6) is 0. The number of carbonyl (C=O) groups is 1. The van der Waals surface area contributed by atoms with E-state index >= 15 is 0 Å². The van der Waals surface area contributed by atoms with Crippen LogP contribution in [0.25, 0.3) is 0 Å². The molecule has 1 rings (SSSR count). The molecule has 0 aromatic carbocycles. The van der Waals surface area contributed by atoms with Crippen LogP contribution in [-0.2, 0) is 4.79 Å². The lowest BCUT2D eigenvalue weighted by Crippen LogP contribution is -2.13. The SMILES string of the molecule is [CH2]c1cscc1N(C)C=O. The van der Waals surface area contributed by atoms with E-state index in [4.69, 9.17) is 0 Å². The van der Waals surface area contributed by atoms with Crippen molar-refractivity contribution >= 4 is 23.4 Å². The second kappa shape index (κ2) is 2.84. The fourth-order valence-electron chi connectivity index (χ4n) is 0.683. The normalized spacial score (nSPS) is 9.40. The second-order valence-corrected chi connectivity index (χ2v) is 2.74. The van der Waals surface area contributed by atoms with Crippen LogP contribution in [0.2, 0.25) is 0 Å². The van der Waals surface area contributed by atoms with E-state index in [9.17, 15) is 4.79 Å². The maximum atomic E-state index is 10.3. The number of hydrogen-bond donors (Lipinski definition) is 0. The molecule has 0 N–H and O–H groups in total. The van der Waals surface area contributed by atoms with Crippen molar-refractivity contribution in [2.24, 2.45) is 0 Å². The third kappa shape index (κ3) is 1.19. The fraction of sp³-hybridized carbons (Fsp3) is 0.143. The molecule has 0 fully saturated rings. The molecular weight excluding hydrogens is 146 g/mol. The lowest BCUT2D eigenvalue weighted by molar-refractivity contribution is -0.107. The van der Waals surface area contributed by atoms with Crippen molar-refractivity contribution < 1.29 is 4.79 Å². The highest BCUT2D eigenvalue weighted by atomic mass is 32.1. The average molecular weight is 154 g/mol. The molecule has 0 atom stereocenters. The van der Waals surface area contributed by atoms with Gasteiger partial charge in [-0.1, -0.05) is 0 Å². The van der Waals surface area contributed by atoms with Crippen molar-refractivity contribution in [3.63, 3.8) is 0 Å². The van der Waals surface area contributed by atoms with Crippen molar-refractivity contribution in [2.45, 2.75) is 0 Å². The summed E-state index contributed by atoms with van der Waals surface area (Å²) in [6, 6.07) is 0. The molecule has 0 spiro atoms. The zero-order valence-corrected chi connectivity index (χ0v) is 6.52. The molecule has 0 aliphatic carbocycles. The van der Waals surface area contributed by atoms with Crippen molar-refractivity contribution in [2.75, 3.05) is 11.9 Å². The maximum Gasteiger partial charge on any atom is 0.213 e. The molecule has 0 saturated heterocycles. The highest BCUT2D eigenvalue weighted by molar-refractivity contribution is 7.08. The van der Waals surface area contributed by atoms with E-state index in [0.717, 1.165) is 17.7 Å². The molecule has 10 heavy (non-hydrogen) atoms. The number of carbonyl (C=O) groups excluding carboxylic acids is 1. The van der Waals surface area contributed by atoms with Crippen LogP contribution in [0.5, 0.6) is 0 Å². The van der Waals surface area contributed by atoms with Gasteiger partial charge in [0.05, 0.1) is 5.69 Å². The molecule has 2 nitrogen and oxygen atoms in total. The third-order valence-electron chi connectivity index (χ3n) is 1.26.